The molecule has 0 aliphatic carbocycles. The van der Waals surface area contributed by atoms with E-state index >= 15 is 0 Å². The van der Waals surface area contributed by atoms with Gasteiger partial charge in [0.15, 0.2) is 29.1 Å². The van der Waals surface area contributed by atoms with E-state index in [4.69, 9.17) is 34.3 Å². The molecule has 9 nitrogen and oxygen atoms in total. The lowest BCUT2D eigenvalue weighted by Crippen LogP contribution is -2.06. The van der Waals surface area contributed by atoms with Crippen molar-refractivity contribution >= 4 is 65.6 Å². The molecule has 0 bridgehead atoms. The number of furan rings is 1. The van der Waals surface area contributed by atoms with Crippen LogP contribution in [-0.4, -0.2) is 39.0 Å². The molecule has 69 heavy (non-hydrogen) atoms. The molecule has 5 aromatic heterocycles. The monoisotopic (exact) mass is 884 g/mol. The first kappa shape index (κ1) is 38.6. The van der Waals surface area contributed by atoms with E-state index < -0.39 is 0 Å². The minimum Gasteiger partial charge on any atom is -0.456 e. The molecule has 14 rings (SSSR count). The predicted molar refractivity (Wildman–Crippen MR) is 276 cm³/mol. The summed E-state index contributed by atoms with van der Waals surface area (Å²) >= 11 is 0. The zero-order chi connectivity index (χ0) is 45.4. The van der Waals surface area contributed by atoms with Crippen molar-refractivity contribution in [1.82, 2.24) is 39.0 Å². The first-order valence-corrected chi connectivity index (χ1v) is 22.9. The third-order valence-corrected chi connectivity index (χ3v) is 13.0. The Morgan fingerprint density at radius 2 is 0.739 bits per heavy atom. The van der Waals surface area contributed by atoms with Crippen molar-refractivity contribution in [2.75, 3.05) is 0 Å². The molecule has 0 fully saturated rings. The van der Waals surface area contributed by atoms with E-state index in [-0.39, 0.29) is 0 Å². The van der Waals surface area contributed by atoms with Crippen LogP contribution in [0.1, 0.15) is 0 Å². The summed E-state index contributed by atoms with van der Waals surface area (Å²) in [6.45, 7) is 0. The number of aromatic nitrogens is 8. The molecule has 0 saturated heterocycles. The lowest BCUT2D eigenvalue weighted by Gasteiger charge is -2.12. The zero-order valence-electron chi connectivity index (χ0n) is 36.8. The summed E-state index contributed by atoms with van der Waals surface area (Å²) in [5, 5.41) is 6.56. The highest BCUT2D eigenvalue weighted by atomic mass is 16.3. The highest BCUT2D eigenvalue weighted by Crippen LogP contribution is 2.42. The zero-order valence-corrected chi connectivity index (χ0v) is 36.8. The molecule has 14 aromatic rings. The van der Waals surface area contributed by atoms with E-state index in [2.05, 4.69) is 112 Å². The quantitative estimate of drug-likeness (QED) is 0.157. The Balaban J connectivity index is 0.946. The maximum absolute atomic E-state index is 6.28. The van der Waals surface area contributed by atoms with E-state index in [0.29, 0.717) is 35.1 Å². The van der Waals surface area contributed by atoms with Gasteiger partial charge in [-0.25, -0.2) is 19.9 Å². The Morgan fingerprint density at radius 1 is 0.290 bits per heavy atom. The van der Waals surface area contributed by atoms with Gasteiger partial charge in [-0.05, 0) is 60.7 Å². The summed E-state index contributed by atoms with van der Waals surface area (Å²) in [5.41, 5.74) is 11.2. The predicted octanol–water partition coefficient (Wildman–Crippen LogP) is 14.5. The smallest absolute Gasteiger partial charge is 0.238 e. The molecule has 0 amide bonds. The first-order valence-electron chi connectivity index (χ1n) is 22.9. The van der Waals surface area contributed by atoms with Crippen LogP contribution < -0.4 is 0 Å². The largest absolute Gasteiger partial charge is 0.456 e. The molecule has 322 valence electrons. The first-order chi connectivity index (χ1) is 34.2. The summed E-state index contributed by atoms with van der Waals surface area (Å²) in [6.07, 6.45) is 0. The third-order valence-electron chi connectivity index (χ3n) is 13.0. The van der Waals surface area contributed by atoms with Crippen molar-refractivity contribution < 1.29 is 4.42 Å². The summed E-state index contributed by atoms with van der Waals surface area (Å²) in [5.74, 6) is 3.49. The minimum absolute atomic E-state index is 0.548. The van der Waals surface area contributed by atoms with Crippen molar-refractivity contribution in [3.8, 4) is 68.6 Å². The number of para-hydroxylation sites is 3. The topological polar surface area (TPSA) is 100 Å². The summed E-state index contributed by atoms with van der Waals surface area (Å²) in [4.78, 5) is 30.7. The van der Waals surface area contributed by atoms with Crippen LogP contribution in [0.5, 0.6) is 0 Å². The number of fused-ring (bicyclic) bond motifs is 10. The molecule has 0 saturated carbocycles. The molecule has 0 atom stereocenters. The van der Waals surface area contributed by atoms with E-state index in [1.54, 1.807) is 0 Å². The molecule has 9 heteroatoms. The van der Waals surface area contributed by atoms with E-state index in [1.807, 2.05) is 115 Å². The molecule has 0 aliphatic heterocycles. The van der Waals surface area contributed by atoms with Gasteiger partial charge in [0, 0.05) is 65.8 Å². The van der Waals surface area contributed by atoms with Gasteiger partial charge in [0.2, 0.25) is 5.95 Å². The van der Waals surface area contributed by atoms with E-state index in [9.17, 15) is 0 Å². The van der Waals surface area contributed by atoms with Crippen molar-refractivity contribution in [2.45, 2.75) is 0 Å². The number of rotatable bonds is 7. The second-order valence-corrected chi connectivity index (χ2v) is 17.1. The molecular formula is C60H36N8O. The Kier molecular flexibility index (Phi) is 8.68. The average Bonchev–Trinajstić information content (AvgIpc) is 4.09. The lowest BCUT2D eigenvalue weighted by atomic mass is 10.1. The second-order valence-electron chi connectivity index (χ2n) is 17.1. The maximum atomic E-state index is 6.28. The summed E-state index contributed by atoms with van der Waals surface area (Å²) in [7, 11) is 0. The molecule has 0 unspecified atom stereocenters. The van der Waals surface area contributed by atoms with Crippen LogP contribution >= 0.6 is 0 Å². The Hall–Kier alpha value is -9.60. The fourth-order valence-electron chi connectivity index (χ4n) is 9.87. The fraction of sp³-hybridized carbons (Fsp3) is 0. The fourth-order valence-corrected chi connectivity index (χ4v) is 9.87. The summed E-state index contributed by atoms with van der Waals surface area (Å²) < 4.78 is 10.8. The van der Waals surface area contributed by atoms with Crippen molar-refractivity contribution in [3.63, 3.8) is 0 Å². The van der Waals surface area contributed by atoms with Crippen LogP contribution in [0, 0.1) is 0 Å². The lowest BCUT2D eigenvalue weighted by molar-refractivity contribution is 0.669. The van der Waals surface area contributed by atoms with Gasteiger partial charge in [-0.15, -0.1) is 0 Å². The van der Waals surface area contributed by atoms with Gasteiger partial charge in [0.25, 0.3) is 0 Å². The highest BCUT2D eigenvalue weighted by molar-refractivity contribution is 6.26. The molecule has 0 radical (unpaired) electrons. The maximum Gasteiger partial charge on any atom is 0.238 e. The van der Waals surface area contributed by atoms with Gasteiger partial charge in [-0.2, -0.15) is 9.97 Å². The normalized spacial score (nSPS) is 11.8. The molecule has 0 spiro atoms. The van der Waals surface area contributed by atoms with Crippen molar-refractivity contribution in [2.24, 2.45) is 0 Å². The summed E-state index contributed by atoms with van der Waals surface area (Å²) in [6, 6.07) is 74.7. The highest BCUT2D eigenvalue weighted by Gasteiger charge is 2.24. The average molecular weight is 885 g/mol. The number of hydrogen-bond donors (Lipinski definition) is 0. The van der Waals surface area contributed by atoms with Gasteiger partial charge in [-0.1, -0.05) is 158 Å². The van der Waals surface area contributed by atoms with Crippen LogP contribution in [0.25, 0.3) is 134 Å². The van der Waals surface area contributed by atoms with Gasteiger partial charge >= 0.3 is 0 Å². The molecular weight excluding hydrogens is 849 g/mol. The van der Waals surface area contributed by atoms with Crippen LogP contribution in [0.4, 0.5) is 0 Å². The second kappa shape index (κ2) is 15.5. The minimum atomic E-state index is 0.548. The SMILES string of the molecule is c1ccc(-c2nc(-c3ccc(-n4c5ccccc5c5c4ccc4c6ccccc6n(-c6nc(-c7ccccc7)nc(-c7ccccc7)n6)c45)cc3)nc(-c3ccc4c(c3)oc3ccccc34)n2)cc1. The van der Waals surface area contributed by atoms with Crippen LogP contribution in [-0.2, 0) is 0 Å². The Morgan fingerprint density at radius 3 is 1.36 bits per heavy atom. The molecule has 9 aromatic carbocycles. The van der Waals surface area contributed by atoms with Gasteiger partial charge < -0.3 is 8.98 Å². The van der Waals surface area contributed by atoms with E-state index in [1.165, 1.54) is 0 Å². The standard InChI is InChI=1S/C60H36N8O/c1-4-16-37(17-5-1)55-61-56(63-59(62-55)41-30-33-45-44-23-12-15-27-51(44)69-52(45)36-41)40-28-31-42(32-29-40)67-49-26-14-11-24-47(49)53-50(67)35-34-46-43-22-10-13-25-48(43)68(54(46)53)60-65-57(38-18-6-2-7-19-38)64-58(66-60)39-20-8-3-9-21-39/h1-36H. The van der Waals surface area contributed by atoms with Gasteiger partial charge in [-0.3, -0.25) is 4.57 Å². The van der Waals surface area contributed by atoms with Gasteiger partial charge in [0.1, 0.15) is 11.2 Å². The molecule has 0 N–H and O–H groups in total. The number of benzene rings is 9. The van der Waals surface area contributed by atoms with Crippen LogP contribution in [0.2, 0.25) is 0 Å². The van der Waals surface area contributed by atoms with Crippen molar-refractivity contribution in [3.05, 3.63) is 218 Å². The van der Waals surface area contributed by atoms with Gasteiger partial charge in [0.05, 0.1) is 22.1 Å². The third kappa shape index (κ3) is 6.32. The Bertz CT molecular complexity index is 4240. The van der Waals surface area contributed by atoms with Crippen LogP contribution in [0.3, 0.4) is 0 Å². The molecule has 5 heterocycles. The number of hydrogen-bond acceptors (Lipinski definition) is 7. The van der Waals surface area contributed by atoms with E-state index in [0.717, 1.165) is 99.1 Å². The van der Waals surface area contributed by atoms with Crippen LogP contribution in [0.15, 0.2) is 223 Å². The number of nitrogens with zero attached hydrogens (tertiary/aromatic N) is 8. The molecule has 0 aliphatic rings. The van der Waals surface area contributed by atoms with Crippen molar-refractivity contribution in [1.29, 1.82) is 0 Å². The Labute approximate surface area is 394 Å².